The Balaban J connectivity index is 1.89. The van der Waals surface area contributed by atoms with Gasteiger partial charge in [0.2, 0.25) is 0 Å². The number of nitrogens with two attached hydrogens (primary N) is 1. The highest BCUT2D eigenvalue weighted by Gasteiger charge is 2.18. The van der Waals surface area contributed by atoms with Crippen LogP contribution in [-0.2, 0) is 6.42 Å². The second-order valence-corrected chi connectivity index (χ2v) is 7.49. The second-order valence-electron chi connectivity index (χ2n) is 6.06. The number of halogens is 1. The fraction of sp³-hybridized carbons (Fsp3) is 0.222. The van der Waals surface area contributed by atoms with Crippen LogP contribution in [0.15, 0.2) is 36.4 Å². The van der Waals surface area contributed by atoms with E-state index in [9.17, 15) is 4.79 Å². The van der Waals surface area contributed by atoms with Crippen molar-refractivity contribution in [3.05, 3.63) is 52.0 Å². The number of thiophene rings is 1. The highest BCUT2D eigenvalue weighted by atomic mass is 35.5. The standard InChI is InChI=1S/C18H18ClN3OS/c1-10(2)9-13-7-8-14-15(20)16(24-18(14)22-13)17(23)21-12-5-3-11(19)4-6-12/h3-8,10H,9,20H2,1-2H3,(H,21,23). The van der Waals surface area contributed by atoms with Gasteiger partial charge in [0, 0.05) is 21.8 Å². The van der Waals surface area contributed by atoms with Gasteiger partial charge in [0.15, 0.2) is 0 Å². The van der Waals surface area contributed by atoms with Crippen LogP contribution in [0.4, 0.5) is 11.4 Å². The molecule has 0 atom stereocenters. The Morgan fingerprint density at radius 1 is 1.25 bits per heavy atom. The third kappa shape index (κ3) is 3.52. The summed E-state index contributed by atoms with van der Waals surface area (Å²) < 4.78 is 0. The summed E-state index contributed by atoms with van der Waals surface area (Å²) in [5, 5.41) is 4.29. The van der Waals surface area contributed by atoms with Gasteiger partial charge in [0.25, 0.3) is 5.91 Å². The smallest absolute Gasteiger partial charge is 0.267 e. The molecule has 4 nitrogen and oxygen atoms in total. The van der Waals surface area contributed by atoms with Crippen molar-refractivity contribution in [3.63, 3.8) is 0 Å². The van der Waals surface area contributed by atoms with Crippen LogP contribution in [0, 0.1) is 5.92 Å². The van der Waals surface area contributed by atoms with Crippen molar-refractivity contribution >= 4 is 50.4 Å². The summed E-state index contributed by atoms with van der Waals surface area (Å²) in [4.78, 5) is 18.4. The SMILES string of the molecule is CC(C)Cc1ccc2c(N)c(C(=O)Nc3ccc(Cl)cc3)sc2n1. The minimum Gasteiger partial charge on any atom is -0.397 e. The molecule has 0 saturated heterocycles. The molecular weight excluding hydrogens is 342 g/mol. The fourth-order valence-corrected chi connectivity index (χ4v) is 3.59. The number of nitrogen functional groups attached to an aromatic ring is 1. The zero-order valence-electron chi connectivity index (χ0n) is 13.5. The average molecular weight is 360 g/mol. The molecule has 3 N–H and O–H groups in total. The maximum absolute atomic E-state index is 12.5. The van der Waals surface area contributed by atoms with Gasteiger partial charge in [-0.2, -0.15) is 0 Å². The summed E-state index contributed by atoms with van der Waals surface area (Å²) in [6, 6.07) is 10.9. The molecule has 2 aromatic heterocycles. The first-order valence-electron chi connectivity index (χ1n) is 7.69. The minimum atomic E-state index is -0.233. The van der Waals surface area contributed by atoms with Gasteiger partial charge in [-0.3, -0.25) is 4.79 Å². The molecule has 1 amide bonds. The van der Waals surface area contributed by atoms with Gasteiger partial charge in [-0.15, -0.1) is 11.3 Å². The van der Waals surface area contributed by atoms with Crippen LogP contribution in [-0.4, -0.2) is 10.9 Å². The highest BCUT2D eigenvalue weighted by molar-refractivity contribution is 7.21. The van der Waals surface area contributed by atoms with Gasteiger partial charge in [-0.1, -0.05) is 25.4 Å². The van der Waals surface area contributed by atoms with Crippen LogP contribution in [0.1, 0.15) is 29.2 Å². The Labute approximate surface area is 149 Å². The van der Waals surface area contributed by atoms with E-state index in [0.717, 1.165) is 22.3 Å². The lowest BCUT2D eigenvalue weighted by Crippen LogP contribution is -2.11. The molecule has 0 aliphatic rings. The zero-order chi connectivity index (χ0) is 17.3. The van der Waals surface area contributed by atoms with Crippen molar-refractivity contribution in [3.8, 4) is 0 Å². The van der Waals surface area contributed by atoms with E-state index >= 15 is 0 Å². The predicted molar refractivity (Wildman–Crippen MR) is 102 cm³/mol. The number of nitrogens with zero attached hydrogens (tertiary/aromatic N) is 1. The number of anilines is 2. The second kappa shape index (κ2) is 6.79. The molecule has 0 aliphatic heterocycles. The number of rotatable bonds is 4. The molecule has 1 aromatic carbocycles. The molecule has 0 bridgehead atoms. The Morgan fingerprint density at radius 2 is 1.96 bits per heavy atom. The number of hydrogen-bond acceptors (Lipinski definition) is 4. The average Bonchev–Trinajstić information content (AvgIpc) is 2.85. The Hall–Kier alpha value is -2.11. The molecule has 2 heterocycles. The topological polar surface area (TPSA) is 68.0 Å². The molecule has 0 spiro atoms. The quantitative estimate of drug-likeness (QED) is 0.690. The number of nitrogens with one attached hydrogen (secondary N) is 1. The lowest BCUT2D eigenvalue weighted by Gasteiger charge is -2.04. The molecular formula is C18H18ClN3OS. The molecule has 0 saturated carbocycles. The first-order chi connectivity index (χ1) is 11.4. The van der Waals surface area contributed by atoms with Gasteiger partial charge in [-0.05, 0) is 48.7 Å². The third-order valence-electron chi connectivity index (χ3n) is 3.58. The van der Waals surface area contributed by atoms with Crippen molar-refractivity contribution < 1.29 is 4.79 Å². The zero-order valence-corrected chi connectivity index (χ0v) is 15.0. The van der Waals surface area contributed by atoms with E-state index in [1.54, 1.807) is 24.3 Å². The number of aromatic nitrogens is 1. The summed E-state index contributed by atoms with van der Waals surface area (Å²) in [5.74, 6) is 0.295. The number of carbonyl (C=O) groups excluding carboxylic acids is 1. The van der Waals surface area contributed by atoms with Gasteiger partial charge in [-0.25, -0.2) is 4.98 Å². The molecule has 3 rings (SSSR count). The number of amides is 1. The highest BCUT2D eigenvalue weighted by Crippen LogP contribution is 2.33. The molecule has 0 radical (unpaired) electrons. The van der Waals surface area contributed by atoms with E-state index < -0.39 is 0 Å². The predicted octanol–water partition coefficient (Wildman–Crippen LogP) is 4.98. The molecule has 24 heavy (non-hydrogen) atoms. The molecule has 124 valence electrons. The largest absolute Gasteiger partial charge is 0.397 e. The van der Waals surface area contributed by atoms with E-state index in [1.165, 1.54) is 11.3 Å². The van der Waals surface area contributed by atoms with E-state index in [1.807, 2.05) is 12.1 Å². The maximum Gasteiger partial charge on any atom is 0.267 e. The van der Waals surface area contributed by atoms with Crippen LogP contribution in [0.3, 0.4) is 0 Å². The number of fused-ring (bicyclic) bond motifs is 1. The van der Waals surface area contributed by atoms with Gasteiger partial charge in [0.05, 0.1) is 5.69 Å². The van der Waals surface area contributed by atoms with Crippen LogP contribution in [0.25, 0.3) is 10.2 Å². The maximum atomic E-state index is 12.5. The number of carbonyl (C=O) groups is 1. The monoisotopic (exact) mass is 359 g/mol. The molecule has 6 heteroatoms. The lowest BCUT2D eigenvalue weighted by molar-refractivity contribution is 0.103. The summed E-state index contributed by atoms with van der Waals surface area (Å²) in [6.45, 7) is 4.30. The Kier molecular flexibility index (Phi) is 4.73. The van der Waals surface area contributed by atoms with E-state index in [4.69, 9.17) is 17.3 Å². The van der Waals surface area contributed by atoms with Crippen molar-refractivity contribution in [1.29, 1.82) is 0 Å². The van der Waals surface area contributed by atoms with Crippen molar-refractivity contribution in [2.24, 2.45) is 5.92 Å². The van der Waals surface area contributed by atoms with E-state index in [-0.39, 0.29) is 5.91 Å². The van der Waals surface area contributed by atoms with Crippen LogP contribution >= 0.6 is 22.9 Å². The van der Waals surface area contributed by atoms with Gasteiger partial charge >= 0.3 is 0 Å². The molecule has 0 aliphatic carbocycles. The van der Waals surface area contributed by atoms with E-state index in [2.05, 4.69) is 24.1 Å². The van der Waals surface area contributed by atoms with Crippen molar-refractivity contribution in [2.45, 2.75) is 20.3 Å². The van der Waals surface area contributed by atoms with Crippen LogP contribution in [0.5, 0.6) is 0 Å². The lowest BCUT2D eigenvalue weighted by atomic mass is 10.1. The number of benzene rings is 1. The first kappa shape index (κ1) is 16.7. The summed E-state index contributed by atoms with van der Waals surface area (Å²) in [7, 11) is 0. The Bertz CT molecular complexity index is 887. The Morgan fingerprint density at radius 3 is 2.62 bits per heavy atom. The molecule has 3 aromatic rings. The summed E-state index contributed by atoms with van der Waals surface area (Å²) >= 11 is 7.18. The van der Waals surface area contributed by atoms with Crippen molar-refractivity contribution in [1.82, 2.24) is 4.98 Å². The fourth-order valence-electron chi connectivity index (χ4n) is 2.46. The van der Waals surface area contributed by atoms with Gasteiger partial charge < -0.3 is 11.1 Å². The normalized spacial score (nSPS) is 11.2. The first-order valence-corrected chi connectivity index (χ1v) is 8.88. The summed E-state index contributed by atoms with van der Waals surface area (Å²) in [6.07, 6.45) is 0.903. The summed E-state index contributed by atoms with van der Waals surface area (Å²) in [5.41, 5.74) is 8.33. The van der Waals surface area contributed by atoms with Gasteiger partial charge in [0.1, 0.15) is 9.71 Å². The van der Waals surface area contributed by atoms with E-state index in [0.29, 0.717) is 27.2 Å². The van der Waals surface area contributed by atoms with Crippen LogP contribution in [0.2, 0.25) is 5.02 Å². The molecule has 0 unspecified atom stereocenters. The molecule has 0 fully saturated rings. The number of pyridine rings is 1. The van der Waals surface area contributed by atoms with Crippen molar-refractivity contribution in [2.75, 3.05) is 11.1 Å². The minimum absolute atomic E-state index is 0.233. The third-order valence-corrected chi connectivity index (χ3v) is 4.94. The van der Waals surface area contributed by atoms with Crippen LogP contribution < -0.4 is 11.1 Å². The number of hydrogen-bond donors (Lipinski definition) is 2.